The van der Waals surface area contributed by atoms with E-state index in [2.05, 4.69) is 18.7 Å². The molecule has 6 heteroatoms. The van der Waals surface area contributed by atoms with E-state index in [9.17, 15) is 10.1 Å². The number of thiophene rings is 1. The van der Waals surface area contributed by atoms with E-state index in [-0.39, 0.29) is 16.0 Å². The molecule has 2 N–H and O–H groups in total. The van der Waals surface area contributed by atoms with Crippen molar-refractivity contribution in [2.24, 2.45) is 11.7 Å². The highest BCUT2D eigenvalue weighted by atomic mass is 32.1. The average Bonchev–Trinajstić information content (AvgIpc) is 2.87. The number of hydrogen-bond acceptors (Lipinski definition) is 5. The Balaban J connectivity index is 2.31. The fourth-order valence-electron chi connectivity index (χ4n) is 2.92. The normalized spacial score (nSPS) is 24.8. The van der Waals surface area contributed by atoms with Gasteiger partial charge in [0.15, 0.2) is 0 Å². The predicted molar refractivity (Wildman–Crippen MR) is 77.3 cm³/mol. The molecule has 5 nitrogen and oxygen atoms in total. The summed E-state index contributed by atoms with van der Waals surface area (Å²) >= 11 is 1.29. The standard InChI is InChI=1S/C13H21N3O2S/c1-9(2)15-7-3-4-10(8-14)13(15)11-5-6-12(19-11)16(17)18/h5-6,9-10,13H,3-4,7-8,14H2,1-2H3. The maximum Gasteiger partial charge on any atom is 0.324 e. The van der Waals surface area contributed by atoms with Crippen LogP contribution in [-0.4, -0.2) is 29.0 Å². The molecule has 2 rings (SSSR count). The molecule has 1 aliphatic heterocycles. The number of hydrogen-bond donors (Lipinski definition) is 1. The molecule has 0 bridgehead atoms. The lowest BCUT2D eigenvalue weighted by Gasteiger charge is -2.42. The van der Waals surface area contributed by atoms with Crippen molar-refractivity contribution in [3.63, 3.8) is 0 Å². The second-order valence-electron chi connectivity index (χ2n) is 5.35. The van der Waals surface area contributed by atoms with Gasteiger partial charge in [-0.15, -0.1) is 0 Å². The highest BCUT2D eigenvalue weighted by molar-refractivity contribution is 7.15. The molecular weight excluding hydrogens is 262 g/mol. The smallest absolute Gasteiger partial charge is 0.324 e. The van der Waals surface area contributed by atoms with Gasteiger partial charge < -0.3 is 5.73 Å². The van der Waals surface area contributed by atoms with E-state index in [4.69, 9.17) is 5.73 Å². The average molecular weight is 283 g/mol. The highest BCUT2D eigenvalue weighted by Gasteiger charge is 2.34. The van der Waals surface area contributed by atoms with Gasteiger partial charge in [0.05, 0.1) is 4.92 Å². The van der Waals surface area contributed by atoms with Crippen molar-refractivity contribution in [2.45, 2.75) is 38.8 Å². The molecule has 1 fully saturated rings. The van der Waals surface area contributed by atoms with E-state index in [0.717, 1.165) is 24.3 Å². The second kappa shape index (κ2) is 5.98. The van der Waals surface area contributed by atoms with Crippen LogP contribution in [0, 0.1) is 16.0 Å². The third kappa shape index (κ3) is 2.96. The Kier molecular flexibility index (Phi) is 4.54. The molecule has 0 aromatic carbocycles. The summed E-state index contributed by atoms with van der Waals surface area (Å²) in [6.45, 7) is 6.03. The van der Waals surface area contributed by atoms with Gasteiger partial charge in [-0.3, -0.25) is 15.0 Å². The molecule has 2 unspecified atom stereocenters. The summed E-state index contributed by atoms with van der Waals surface area (Å²) < 4.78 is 0. The first-order valence-electron chi connectivity index (χ1n) is 6.74. The third-order valence-electron chi connectivity index (χ3n) is 3.85. The number of piperidine rings is 1. The van der Waals surface area contributed by atoms with Gasteiger partial charge in [0, 0.05) is 23.0 Å². The number of nitrogens with zero attached hydrogens (tertiary/aromatic N) is 2. The van der Waals surface area contributed by atoms with Gasteiger partial charge in [0.1, 0.15) is 0 Å². The second-order valence-corrected chi connectivity index (χ2v) is 6.44. The number of rotatable bonds is 4. The van der Waals surface area contributed by atoms with E-state index < -0.39 is 0 Å². The van der Waals surface area contributed by atoms with Crippen LogP contribution in [0.2, 0.25) is 0 Å². The van der Waals surface area contributed by atoms with Gasteiger partial charge in [-0.25, -0.2) is 0 Å². The molecule has 2 heterocycles. The summed E-state index contributed by atoms with van der Waals surface area (Å²) in [7, 11) is 0. The van der Waals surface area contributed by atoms with Gasteiger partial charge in [-0.1, -0.05) is 11.3 Å². The topological polar surface area (TPSA) is 72.4 Å². The fraction of sp³-hybridized carbons (Fsp3) is 0.692. The Labute approximate surface area is 117 Å². The summed E-state index contributed by atoms with van der Waals surface area (Å²) in [5.41, 5.74) is 5.90. The van der Waals surface area contributed by atoms with Crippen molar-refractivity contribution in [3.8, 4) is 0 Å². The van der Waals surface area contributed by atoms with E-state index in [0.29, 0.717) is 18.5 Å². The molecule has 106 valence electrons. The molecule has 0 radical (unpaired) electrons. The fourth-order valence-corrected chi connectivity index (χ4v) is 3.96. The molecule has 19 heavy (non-hydrogen) atoms. The van der Waals surface area contributed by atoms with Crippen molar-refractivity contribution in [2.75, 3.05) is 13.1 Å². The van der Waals surface area contributed by atoms with Crippen LogP contribution in [-0.2, 0) is 0 Å². The zero-order valence-corrected chi connectivity index (χ0v) is 12.2. The Morgan fingerprint density at radius 3 is 2.84 bits per heavy atom. The molecule has 0 amide bonds. The van der Waals surface area contributed by atoms with Gasteiger partial charge in [0.2, 0.25) is 0 Å². The minimum absolute atomic E-state index is 0.222. The van der Waals surface area contributed by atoms with E-state index in [1.165, 1.54) is 11.3 Å². The quantitative estimate of drug-likeness (QED) is 0.681. The maximum absolute atomic E-state index is 10.8. The van der Waals surface area contributed by atoms with Crippen molar-refractivity contribution in [1.82, 2.24) is 4.90 Å². The van der Waals surface area contributed by atoms with Crippen LogP contribution in [0.1, 0.15) is 37.6 Å². The van der Waals surface area contributed by atoms with Crippen LogP contribution < -0.4 is 5.73 Å². The lowest BCUT2D eigenvalue weighted by molar-refractivity contribution is -0.380. The molecule has 1 aliphatic rings. The molecule has 0 spiro atoms. The van der Waals surface area contributed by atoms with E-state index >= 15 is 0 Å². The van der Waals surface area contributed by atoms with Crippen molar-refractivity contribution < 1.29 is 4.92 Å². The largest absolute Gasteiger partial charge is 0.330 e. The molecule has 2 atom stereocenters. The molecular formula is C13H21N3O2S. The zero-order valence-electron chi connectivity index (χ0n) is 11.4. The number of likely N-dealkylation sites (tertiary alicyclic amines) is 1. The first kappa shape index (κ1) is 14.4. The van der Waals surface area contributed by atoms with Crippen LogP contribution in [0.3, 0.4) is 0 Å². The molecule has 0 aliphatic carbocycles. The molecule has 1 aromatic rings. The van der Waals surface area contributed by atoms with Crippen molar-refractivity contribution >= 4 is 16.3 Å². The van der Waals surface area contributed by atoms with Crippen LogP contribution in [0.4, 0.5) is 5.00 Å². The van der Waals surface area contributed by atoms with Crippen LogP contribution in [0.15, 0.2) is 12.1 Å². The summed E-state index contributed by atoms with van der Waals surface area (Å²) in [5.74, 6) is 0.398. The molecule has 1 aromatic heterocycles. The first-order chi connectivity index (χ1) is 9.04. The predicted octanol–water partition coefficient (Wildman–Crippen LogP) is 2.78. The van der Waals surface area contributed by atoms with Crippen LogP contribution in [0.5, 0.6) is 0 Å². The van der Waals surface area contributed by atoms with Crippen LogP contribution >= 0.6 is 11.3 Å². The van der Waals surface area contributed by atoms with E-state index in [1.807, 2.05) is 6.07 Å². The summed E-state index contributed by atoms with van der Waals surface area (Å²) in [6.07, 6.45) is 2.26. The monoisotopic (exact) mass is 283 g/mol. The Bertz CT molecular complexity index is 447. The summed E-state index contributed by atoms with van der Waals surface area (Å²) in [5, 5.41) is 11.1. The van der Waals surface area contributed by atoms with E-state index in [1.54, 1.807) is 6.07 Å². The van der Waals surface area contributed by atoms with Gasteiger partial charge in [-0.05, 0) is 51.8 Å². The Morgan fingerprint density at radius 2 is 2.32 bits per heavy atom. The SMILES string of the molecule is CC(C)N1CCCC(CN)C1c1ccc([N+](=O)[O-])s1. The van der Waals surface area contributed by atoms with Crippen LogP contribution in [0.25, 0.3) is 0 Å². The summed E-state index contributed by atoms with van der Waals surface area (Å²) in [4.78, 5) is 14.0. The lowest BCUT2D eigenvalue weighted by Crippen LogP contribution is -2.44. The number of nitro groups is 1. The highest BCUT2D eigenvalue weighted by Crippen LogP contribution is 2.41. The Hall–Kier alpha value is -0.980. The van der Waals surface area contributed by atoms with Crippen molar-refractivity contribution in [1.29, 1.82) is 0 Å². The van der Waals surface area contributed by atoms with Gasteiger partial charge in [-0.2, -0.15) is 0 Å². The zero-order chi connectivity index (χ0) is 14.0. The molecule has 0 saturated carbocycles. The summed E-state index contributed by atoms with van der Waals surface area (Å²) in [6, 6.07) is 4.18. The minimum Gasteiger partial charge on any atom is -0.330 e. The maximum atomic E-state index is 10.8. The first-order valence-corrected chi connectivity index (χ1v) is 7.56. The molecule has 1 saturated heterocycles. The van der Waals surface area contributed by atoms with Crippen molar-refractivity contribution in [3.05, 3.63) is 27.1 Å². The third-order valence-corrected chi connectivity index (χ3v) is 4.95. The van der Waals surface area contributed by atoms with Gasteiger partial charge >= 0.3 is 5.00 Å². The van der Waals surface area contributed by atoms with Gasteiger partial charge in [0.25, 0.3) is 0 Å². The lowest BCUT2D eigenvalue weighted by atomic mass is 9.87. The minimum atomic E-state index is -0.311. The number of nitrogens with two attached hydrogens (primary N) is 1. The Morgan fingerprint density at radius 1 is 1.58 bits per heavy atom.